The number of rotatable bonds is 8. The average Bonchev–Trinajstić information content (AvgIpc) is 3.04. The molecule has 0 saturated carbocycles. The Morgan fingerprint density at radius 1 is 0.929 bits per heavy atom. The molecule has 0 aliphatic carbocycles. The summed E-state index contributed by atoms with van der Waals surface area (Å²) < 4.78 is 5.96. The van der Waals surface area contributed by atoms with E-state index < -0.39 is 23.4 Å². The van der Waals surface area contributed by atoms with Gasteiger partial charge < -0.3 is 9.57 Å². The van der Waals surface area contributed by atoms with Gasteiger partial charge in [-0.3, -0.25) is 9.59 Å². The monoisotopic (exact) mass is 381 g/mol. The summed E-state index contributed by atoms with van der Waals surface area (Å²) in [6.45, 7) is 1.84. The van der Waals surface area contributed by atoms with Gasteiger partial charge in [-0.15, -0.1) is 5.06 Å². The second-order valence-electron chi connectivity index (χ2n) is 6.95. The third-order valence-corrected chi connectivity index (χ3v) is 4.75. The van der Waals surface area contributed by atoms with E-state index in [2.05, 4.69) is 0 Å². The van der Waals surface area contributed by atoms with Crippen LogP contribution in [0.2, 0.25) is 0 Å². The second-order valence-corrected chi connectivity index (χ2v) is 6.95. The van der Waals surface area contributed by atoms with Gasteiger partial charge in [0.25, 0.3) is 11.8 Å². The van der Waals surface area contributed by atoms with Gasteiger partial charge in [0.1, 0.15) is 0 Å². The van der Waals surface area contributed by atoms with E-state index in [1.807, 2.05) is 60.7 Å². The molecule has 0 N–H and O–H groups in total. The van der Waals surface area contributed by atoms with Gasteiger partial charge in [-0.2, -0.15) is 0 Å². The predicted molar refractivity (Wildman–Crippen MR) is 102 cm³/mol. The van der Waals surface area contributed by atoms with Crippen LogP contribution in [0.3, 0.4) is 0 Å². The van der Waals surface area contributed by atoms with E-state index in [1.165, 1.54) is 0 Å². The molecule has 28 heavy (non-hydrogen) atoms. The molecule has 6 nitrogen and oxygen atoms in total. The van der Waals surface area contributed by atoms with E-state index in [0.717, 1.165) is 11.1 Å². The summed E-state index contributed by atoms with van der Waals surface area (Å²) in [5, 5.41) is 0.564. The first kappa shape index (κ1) is 19.8. The minimum atomic E-state index is -1.31. The Bertz CT molecular complexity index is 775. The van der Waals surface area contributed by atoms with Gasteiger partial charge in [0.15, 0.2) is 5.60 Å². The number of amides is 2. The molecule has 1 atom stereocenters. The number of hydroxylamine groups is 2. The quantitative estimate of drug-likeness (QED) is 0.657. The number of benzene rings is 2. The number of carbonyl (C=O) groups excluding carboxylic acids is 3. The standard InChI is InChI=1S/C22H23NO5/c1-22(15-14-17-8-4-2-5-9-17,27-16-18-10-6-3-7-11-18)21(26)28-23-19(24)12-13-20(23)25/h2-11H,12-16H2,1H3. The van der Waals surface area contributed by atoms with Crippen LogP contribution < -0.4 is 0 Å². The fourth-order valence-corrected chi connectivity index (χ4v) is 2.91. The summed E-state index contributed by atoms with van der Waals surface area (Å²) in [5.74, 6) is -1.76. The Labute approximate surface area is 164 Å². The first-order valence-corrected chi connectivity index (χ1v) is 9.28. The topological polar surface area (TPSA) is 72.9 Å². The first-order chi connectivity index (χ1) is 13.5. The zero-order chi connectivity index (χ0) is 20.0. The van der Waals surface area contributed by atoms with Crippen LogP contribution in [-0.4, -0.2) is 28.4 Å². The molecule has 2 aromatic carbocycles. The molecule has 1 saturated heterocycles. The van der Waals surface area contributed by atoms with Crippen molar-refractivity contribution in [3.05, 3.63) is 71.8 Å². The molecule has 1 heterocycles. The van der Waals surface area contributed by atoms with Crippen molar-refractivity contribution in [2.45, 2.75) is 44.8 Å². The molecule has 6 heteroatoms. The van der Waals surface area contributed by atoms with E-state index in [0.29, 0.717) is 17.9 Å². The Morgan fingerprint density at radius 2 is 1.46 bits per heavy atom. The minimum Gasteiger partial charge on any atom is -0.359 e. The summed E-state index contributed by atoms with van der Waals surface area (Å²) in [6, 6.07) is 19.2. The van der Waals surface area contributed by atoms with Gasteiger partial charge in [-0.1, -0.05) is 60.7 Å². The van der Waals surface area contributed by atoms with Crippen LogP contribution in [0.4, 0.5) is 0 Å². The van der Waals surface area contributed by atoms with E-state index in [1.54, 1.807) is 6.92 Å². The maximum Gasteiger partial charge on any atom is 0.364 e. The Balaban J connectivity index is 1.73. The molecule has 146 valence electrons. The molecule has 2 amide bonds. The van der Waals surface area contributed by atoms with Crippen LogP contribution in [0.5, 0.6) is 0 Å². The largest absolute Gasteiger partial charge is 0.364 e. The van der Waals surface area contributed by atoms with Gasteiger partial charge in [0.05, 0.1) is 6.61 Å². The number of hydrogen-bond acceptors (Lipinski definition) is 5. The van der Waals surface area contributed by atoms with Crippen LogP contribution >= 0.6 is 0 Å². The Kier molecular flexibility index (Phi) is 6.21. The lowest BCUT2D eigenvalue weighted by Crippen LogP contribution is -2.45. The fourth-order valence-electron chi connectivity index (χ4n) is 2.91. The van der Waals surface area contributed by atoms with E-state index in [4.69, 9.17) is 9.57 Å². The molecule has 1 aliphatic rings. The van der Waals surface area contributed by atoms with E-state index in [9.17, 15) is 14.4 Å². The summed E-state index contributed by atoms with van der Waals surface area (Å²) >= 11 is 0. The number of imide groups is 1. The van der Waals surface area contributed by atoms with Crippen LogP contribution in [0, 0.1) is 0 Å². The summed E-state index contributed by atoms with van der Waals surface area (Å²) in [5.41, 5.74) is 0.655. The summed E-state index contributed by atoms with van der Waals surface area (Å²) in [4.78, 5) is 41.6. The van der Waals surface area contributed by atoms with Gasteiger partial charge in [0.2, 0.25) is 0 Å². The van der Waals surface area contributed by atoms with Crippen molar-refractivity contribution in [1.29, 1.82) is 0 Å². The third-order valence-electron chi connectivity index (χ3n) is 4.75. The second kappa shape index (κ2) is 8.80. The molecule has 1 unspecified atom stereocenters. The van der Waals surface area contributed by atoms with Crippen molar-refractivity contribution >= 4 is 17.8 Å². The maximum absolute atomic E-state index is 12.9. The van der Waals surface area contributed by atoms with E-state index in [-0.39, 0.29) is 19.4 Å². The first-order valence-electron chi connectivity index (χ1n) is 9.28. The van der Waals surface area contributed by atoms with Crippen molar-refractivity contribution < 1.29 is 24.0 Å². The highest BCUT2D eigenvalue weighted by atomic mass is 16.7. The predicted octanol–water partition coefficient (Wildman–Crippen LogP) is 3.20. The molecule has 0 spiro atoms. The summed E-state index contributed by atoms with van der Waals surface area (Å²) in [7, 11) is 0. The van der Waals surface area contributed by atoms with Gasteiger partial charge in [-0.05, 0) is 30.9 Å². The van der Waals surface area contributed by atoms with Crippen LogP contribution in [-0.2, 0) is 37.0 Å². The third kappa shape index (κ3) is 4.84. The fraction of sp³-hybridized carbons (Fsp3) is 0.318. The lowest BCUT2D eigenvalue weighted by Gasteiger charge is -2.29. The number of carbonyl (C=O) groups is 3. The highest BCUT2D eigenvalue weighted by molar-refractivity contribution is 6.01. The van der Waals surface area contributed by atoms with Crippen LogP contribution in [0.25, 0.3) is 0 Å². The van der Waals surface area contributed by atoms with Crippen LogP contribution in [0.1, 0.15) is 37.3 Å². The highest BCUT2D eigenvalue weighted by Crippen LogP contribution is 2.25. The number of hydrogen-bond donors (Lipinski definition) is 0. The molecular formula is C22H23NO5. The minimum absolute atomic E-state index is 0.0533. The molecule has 0 radical (unpaired) electrons. The number of ether oxygens (including phenoxy) is 1. The normalized spacial score (nSPS) is 16.1. The SMILES string of the molecule is CC(CCc1ccccc1)(OCc1ccccc1)C(=O)ON1C(=O)CCC1=O. The van der Waals surface area contributed by atoms with Crippen molar-refractivity contribution in [2.24, 2.45) is 0 Å². The zero-order valence-corrected chi connectivity index (χ0v) is 15.8. The van der Waals surface area contributed by atoms with Crippen molar-refractivity contribution in [3.8, 4) is 0 Å². The number of aryl methyl sites for hydroxylation is 1. The van der Waals surface area contributed by atoms with Crippen molar-refractivity contribution in [2.75, 3.05) is 0 Å². The van der Waals surface area contributed by atoms with Gasteiger partial charge >= 0.3 is 5.97 Å². The molecule has 0 bridgehead atoms. The smallest absolute Gasteiger partial charge is 0.359 e. The lowest BCUT2D eigenvalue weighted by atomic mass is 9.96. The lowest BCUT2D eigenvalue weighted by molar-refractivity contribution is -0.215. The molecule has 3 rings (SSSR count). The Hall–Kier alpha value is -2.99. The van der Waals surface area contributed by atoms with Crippen molar-refractivity contribution in [1.82, 2.24) is 5.06 Å². The highest BCUT2D eigenvalue weighted by Gasteiger charge is 2.41. The summed E-state index contributed by atoms with van der Waals surface area (Å²) in [6.07, 6.45) is 1.04. The van der Waals surface area contributed by atoms with Gasteiger partial charge in [-0.25, -0.2) is 4.79 Å². The Morgan fingerprint density at radius 3 is 2.04 bits per heavy atom. The van der Waals surface area contributed by atoms with Crippen LogP contribution in [0.15, 0.2) is 60.7 Å². The van der Waals surface area contributed by atoms with Gasteiger partial charge in [0, 0.05) is 12.8 Å². The van der Waals surface area contributed by atoms with Crippen molar-refractivity contribution in [3.63, 3.8) is 0 Å². The molecule has 1 aliphatic heterocycles. The zero-order valence-electron chi connectivity index (χ0n) is 15.8. The molecular weight excluding hydrogens is 358 g/mol. The van der Waals surface area contributed by atoms with E-state index >= 15 is 0 Å². The molecule has 0 aromatic heterocycles. The molecule has 1 fully saturated rings. The average molecular weight is 381 g/mol. The molecule has 2 aromatic rings. The number of nitrogens with zero attached hydrogens (tertiary/aromatic N) is 1. The maximum atomic E-state index is 12.9.